The molecule has 1 amide bonds. The number of carbonyl (C=O) groups excluding carboxylic acids is 1. The number of ether oxygens (including phenoxy) is 2. The van der Waals surface area contributed by atoms with Gasteiger partial charge in [0.05, 0.1) is 25.5 Å². The molecule has 4 aromatic rings. The predicted molar refractivity (Wildman–Crippen MR) is 129 cm³/mol. The zero-order valence-corrected chi connectivity index (χ0v) is 19.7. The van der Waals surface area contributed by atoms with Crippen LogP contribution in [-0.4, -0.2) is 46.1 Å². The van der Waals surface area contributed by atoms with E-state index in [2.05, 4.69) is 4.98 Å². The van der Waals surface area contributed by atoms with E-state index in [1.54, 1.807) is 62.8 Å². The van der Waals surface area contributed by atoms with Crippen molar-refractivity contribution in [2.75, 3.05) is 25.7 Å². The largest absolute Gasteiger partial charge is 0.495 e. The predicted octanol–water partition coefficient (Wildman–Crippen LogP) is 4.46. The Morgan fingerprint density at radius 3 is 2.65 bits per heavy atom. The number of nitro groups is 1. The first-order valence-electron chi connectivity index (χ1n) is 10.5. The molecule has 0 fully saturated rings. The zero-order chi connectivity index (χ0) is 24.2. The summed E-state index contributed by atoms with van der Waals surface area (Å²) in [5.41, 5.74) is 1.20. The molecule has 11 heteroatoms. The molecule has 0 bridgehead atoms. The maximum absolute atomic E-state index is 13.6. The Labute approximate surface area is 199 Å². The fourth-order valence-corrected chi connectivity index (χ4v) is 4.70. The Hall–Kier alpha value is -3.99. The summed E-state index contributed by atoms with van der Waals surface area (Å²) in [4.78, 5) is 34.8. The van der Waals surface area contributed by atoms with Crippen LogP contribution >= 0.6 is 11.3 Å². The Balaban J connectivity index is 1.74. The summed E-state index contributed by atoms with van der Waals surface area (Å²) in [5, 5.41) is 11.9. The first-order valence-corrected chi connectivity index (χ1v) is 11.3. The van der Waals surface area contributed by atoms with Crippen molar-refractivity contribution < 1.29 is 19.2 Å². The third-order valence-corrected chi connectivity index (χ3v) is 6.48. The molecular formula is C23H23N5O5S. The number of hydrogen-bond acceptors (Lipinski definition) is 8. The van der Waals surface area contributed by atoms with E-state index in [1.165, 1.54) is 17.4 Å². The van der Waals surface area contributed by atoms with E-state index in [9.17, 15) is 14.9 Å². The van der Waals surface area contributed by atoms with Gasteiger partial charge in [-0.1, -0.05) is 17.4 Å². The summed E-state index contributed by atoms with van der Waals surface area (Å²) in [7, 11) is 3.12. The number of anilines is 1. The molecule has 34 heavy (non-hydrogen) atoms. The fourth-order valence-electron chi connectivity index (χ4n) is 3.60. The molecule has 0 radical (unpaired) electrons. The average molecular weight is 482 g/mol. The summed E-state index contributed by atoms with van der Waals surface area (Å²) >= 11 is 1.31. The van der Waals surface area contributed by atoms with Gasteiger partial charge in [-0.05, 0) is 31.5 Å². The lowest BCUT2D eigenvalue weighted by atomic mass is 10.1. The van der Waals surface area contributed by atoms with Gasteiger partial charge < -0.3 is 14.0 Å². The monoisotopic (exact) mass is 481 g/mol. The Morgan fingerprint density at radius 1 is 1.21 bits per heavy atom. The number of benzene rings is 2. The minimum atomic E-state index is -0.483. The highest BCUT2D eigenvalue weighted by molar-refractivity contribution is 7.22. The third kappa shape index (κ3) is 4.55. The number of nitro benzene ring substituents is 1. The molecule has 2 aromatic heterocycles. The number of hydrogen-bond donors (Lipinski definition) is 0. The zero-order valence-electron chi connectivity index (χ0n) is 18.9. The fraction of sp³-hybridized carbons (Fsp3) is 0.261. The van der Waals surface area contributed by atoms with Crippen LogP contribution in [0.25, 0.3) is 10.2 Å². The lowest BCUT2D eigenvalue weighted by Gasteiger charge is -2.20. The van der Waals surface area contributed by atoms with Crippen LogP contribution < -0.4 is 14.4 Å². The molecule has 0 saturated heterocycles. The quantitative estimate of drug-likeness (QED) is 0.256. The van der Waals surface area contributed by atoms with Gasteiger partial charge in [0.15, 0.2) is 5.13 Å². The number of fused-ring (bicyclic) bond motifs is 1. The first-order chi connectivity index (χ1) is 16.4. The van der Waals surface area contributed by atoms with Gasteiger partial charge in [-0.15, -0.1) is 0 Å². The number of nitrogens with zero attached hydrogens (tertiary/aromatic N) is 5. The highest BCUT2D eigenvalue weighted by atomic mass is 32.1. The average Bonchev–Trinajstić information content (AvgIpc) is 3.51. The van der Waals surface area contributed by atoms with Crippen molar-refractivity contribution in [2.24, 2.45) is 0 Å². The van der Waals surface area contributed by atoms with Gasteiger partial charge in [-0.3, -0.25) is 19.8 Å². The maximum atomic E-state index is 13.6. The molecule has 0 aliphatic rings. The number of carbonyl (C=O) groups is 1. The molecule has 0 aliphatic carbocycles. The standard InChI is InChI=1S/C23H23N5O5S/c1-15-5-6-16(13-17(15)28(30)31)22(29)27(11-4-10-26-12-9-24-14-26)23-25-20-18(32-2)7-8-19(33-3)21(20)34-23/h5-9,12-14H,4,10-11H2,1-3H3. The second-order valence-corrected chi connectivity index (χ2v) is 8.49. The molecule has 0 saturated carbocycles. The van der Waals surface area contributed by atoms with Crippen molar-refractivity contribution in [1.29, 1.82) is 0 Å². The molecule has 0 N–H and O–H groups in total. The number of rotatable bonds is 9. The minimum absolute atomic E-state index is 0.100. The van der Waals surface area contributed by atoms with Crippen LogP contribution in [0.1, 0.15) is 22.3 Å². The smallest absolute Gasteiger partial charge is 0.273 e. The van der Waals surface area contributed by atoms with Crippen molar-refractivity contribution in [3.63, 3.8) is 0 Å². The van der Waals surface area contributed by atoms with Crippen LogP contribution in [0.15, 0.2) is 49.1 Å². The van der Waals surface area contributed by atoms with Gasteiger partial charge in [0.2, 0.25) is 0 Å². The van der Waals surface area contributed by atoms with E-state index in [-0.39, 0.29) is 17.2 Å². The number of imidazole rings is 1. The molecular weight excluding hydrogens is 458 g/mol. The Kier molecular flexibility index (Phi) is 6.73. The van der Waals surface area contributed by atoms with Gasteiger partial charge in [-0.2, -0.15) is 0 Å². The summed E-state index contributed by atoms with van der Waals surface area (Å²) in [6.45, 7) is 2.64. The highest BCUT2D eigenvalue weighted by Gasteiger charge is 2.25. The van der Waals surface area contributed by atoms with Crippen LogP contribution in [0.4, 0.5) is 10.8 Å². The topological polar surface area (TPSA) is 113 Å². The highest BCUT2D eigenvalue weighted by Crippen LogP contribution is 2.40. The van der Waals surface area contributed by atoms with Gasteiger partial charge in [0, 0.05) is 42.7 Å². The number of thiazole rings is 1. The molecule has 0 spiro atoms. The second-order valence-electron chi connectivity index (χ2n) is 7.51. The Bertz CT molecular complexity index is 1290. The van der Waals surface area contributed by atoms with Crippen LogP contribution in [0.2, 0.25) is 0 Å². The number of aryl methyl sites for hydroxylation is 2. The number of amides is 1. The van der Waals surface area contributed by atoms with Crippen molar-refractivity contribution >= 4 is 38.3 Å². The van der Waals surface area contributed by atoms with Crippen molar-refractivity contribution in [1.82, 2.24) is 14.5 Å². The van der Waals surface area contributed by atoms with Crippen molar-refractivity contribution in [3.05, 3.63) is 70.3 Å². The SMILES string of the molecule is COc1ccc(OC)c2sc(N(CCCn3ccnc3)C(=O)c3ccc(C)c([N+](=O)[O-])c3)nc12. The van der Waals surface area contributed by atoms with Crippen LogP contribution in [0.5, 0.6) is 11.5 Å². The summed E-state index contributed by atoms with van der Waals surface area (Å²) in [6, 6.07) is 8.05. The summed E-state index contributed by atoms with van der Waals surface area (Å²) < 4.78 is 13.6. The van der Waals surface area contributed by atoms with E-state index in [4.69, 9.17) is 14.5 Å². The van der Waals surface area contributed by atoms with Crippen LogP contribution in [-0.2, 0) is 6.54 Å². The van der Waals surface area contributed by atoms with Crippen LogP contribution in [0.3, 0.4) is 0 Å². The number of methoxy groups -OCH3 is 2. The second kappa shape index (κ2) is 9.87. The molecule has 0 aliphatic heterocycles. The molecule has 0 unspecified atom stereocenters. The summed E-state index contributed by atoms with van der Waals surface area (Å²) in [6.07, 6.45) is 5.88. The summed E-state index contributed by atoms with van der Waals surface area (Å²) in [5.74, 6) is 0.817. The molecule has 2 aromatic carbocycles. The van der Waals surface area contributed by atoms with E-state index >= 15 is 0 Å². The first kappa shape index (κ1) is 23.2. The normalized spacial score (nSPS) is 10.9. The van der Waals surface area contributed by atoms with E-state index in [1.807, 2.05) is 10.8 Å². The molecule has 10 nitrogen and oxygen atoms in total. The van der Waals surface area contributed by atoms with E-state index in [0.29, 0.717) is 47.2 Å². The minimum Gasteiger partial charge on any atom is -0.495 e. The number of aromatic nitrogens is 3. The third-order valence-electron chi connectivity index (χ3n) is 5.39. The van der Waals surface area contributed by atoms with Crippen LogP contribution in [0, 0.1) is 17.0 Å². The Morgan fingerprint density at radius 2 is 1.97 bits per heavy atom. The molecule has 0 atom stereocenters. The van der Waals surface area contributed by atoms with Gasteiger partial charge in [0.25, 0.3) is 11.6 Å². The van der Waals surface area contributed by atoms with Crippen molar-refractivity contribution in [3.8, 4) is 11.5 Å². The van der Waals surface area contributed by atoms with Gasteiger partial charge in [0.1, 0.15) is 21.7 Å². The van der Waals surface area contributed by atoms with Gasteiger partial charge in [-0.25, -0.2) is 9.97 Å². The molecule has 4 rings (SSSR count). The molecule has 176 valence electrons. The van der Waals surface area contributed by atoms with Gasteiger partial charge >= 0.3 is 0 Å². The van der Waals surface area contributed by atoms with E-state index < -0.39 is 4.92 Å². The maximum Gasteiger partial charge on any atom is 0.273 e. The lowest BCUT2D eigenvalue weighted by Crippen LogP contribution is -2.32. The van der Waals surface area contributed by atoms with E-state index in [0.717, 1.165) is 4.70 Å². The lowest BCUT2D eigenvalue weighted by molar-refractivity contribution is -0.385. The van der Waals surface area contributed by atoms with Crippen molar-refractivity contribution in [2.45, 2.75) is 19.9 Å². The molecule has 2 heterocycles.